The predicted octanol–water partition coefficient (Wildman–Crippen LogP) is 3.45. The lowest BCUT2D eigenvalue weighted by Crippen LogP contribution is -2.32. The van der Waals surface area contributed by atoms with Crippen LogP contribution in [-0.4, -0.2) is 11.1 Å². The van der Waals surface area contributed by atoms with Crippen molar-refractivity contribution in [2.24, 2.45) is 11.8 Å². The van der Waals surface area contributed by atoms with Gasteiger partial charge in [0.25, 0.3) is 0 Å². The average Bonchev–Trinajstić information content (AvgIpc) is 2.66. The molecule has 2 N–H and O–H groups in total. The molecule has 1 saturated carbocycles. The fourth-order valence-corrected chi connectivity index (χ4v) is 3.10. The van der Waals surface area contributed by atoms with E-state index in [1.165, 1.54) is 25.3 Å². The standard InChI is InChI=1S/C15H22FNO/c1-3-12-4-5-15(10(12)2)17-9-11-6-13(16)8-14(18)7-11/h6-8,10,12,15,17-18H,3-5,9H2,1-2H3. The molecule has 1 aromatic carbocycles. The van der Waals surface area contributed by atoms with Crippen LogP contribution in [0.4, 0.5) is 4.39 Å². The smallest absolute Gasteiger partial charge is 0.127 e. The predicted molar refractivity (Wildman–Crippen MR) is 70.9 cm³/mol. The molecule has 18 heavy (non-hydrogen) atoms. The van der Waals surface area contributed by atoms with Crippen molar-refractivity contribution in [3.05, 3.63) is 29.6 Å². The van der Waals surface area contributed by atoms with Gasteiger partial charge in [0.05, 0.1) is 0 Å². The maximum absolute atomic E-state index is 13.1. The molecule has 2 nitrogen and oxygen atoms in total. The first-order chi connectivity index (χ1) is 8.60. The topological polar surface area (TPSA) is 32.3 Å². The Balaban J connectivity index is 1.92. The van der Waals surface area contributed by atoms with Crippen LogP contribution >= 0.6 is 0 Å². The zero-order valence-electron chi connectivity index (χ0n) is 11.1. The van der Waals surface area contributed by atoms with Gasteiger partial charge in [-0.15, -0.1) is 0 Å². The molecule has 3 unspecified atom stereocenters. The molecule has 0 heterocycles. The van der Waals surface area contributed by atoms with Gasteiger partial charge < -0.3 is 10.4 Å². The molecule has 3 atom stereocenters. The van der Waals surface area contributed by atoms with E-state index in [4.69, 9.17) is 0 Å². The summed E-state index contributed by atoms with van der Waals surface area (Å²) in [5, 5.41) is 12.8. The van der Waals surface area contributed by atoms with E-state index in [2.05, 4.69) is 19.2 Å². The Morgan fingerprint density at radius 1 is 1.33 bits per heavy atom. The highest BCUT2D eigenvalue weighted by Gasteiger charge is 2.30. The van der Waals surface area contributed by atoms with Gasteiger partial charge in [0.15, 0.2) is 0 Å². The first-order valence-electron chi connectivity index (χ1n) is 6.82. The molecule has 0 aromatic heterocycles. The summed E-state index contributed by atoms with van der Waals surface area (Å²) < 4.78 is 13.1. The van der Waals surface area contributed by atoms with Crippen LogP contribution in [0.3, 0.4) is 0 Å². The number of phenols is 1. The summed E-state index contributed by atoms with van der Waals surface area (Å²) in [6, 6.07) is 4.74. The van der Waals surface area contributed by atoms with Crippen LogP contribution in [0.1, 0.15) is 38.7 Å². The van der Waals surface area contributed by atoms with Gasteiger partial charge in [0, 0.05) is 18.7 Å². The largest absolute Gasteiger partial charge is 0.508 e. The van der Waals surface area contributed by atoms with Gasteiger partial charge in [-0.1, -0.05) is 20.3 Å². The highest BCUT2D eigenvalue weighted by Crippen LogP contribution is 2.34. The summed E-state index contributed by atoms with van der Waals surface area (Å²) in [4.78, 5) is 0. The Labute approximate surface area is 108 Å². The molecule has 0 saturated heterocycles. The molecular weight excluding hydrogens is 229 g/mol. The van der Waals surface area contributed by atoms with Crippen LogP contribution in [0.25, 0.3) is 0 Å². The Bertz CT molecular complexity index is 387. The number of phenolic OH excluding ortho intramolecular Hbond substituents is 1. The molecular formula is C15H22FNO. The second-order valence-corrected chi connectivity index (χ2v) is 5.41. The summed E-state index contributed by atoms with van der Waals surface area (Å²) in [5.74, 6) is 1.11. The van der Waals surface area contributed by atoms with E-state index < -0.39 is 0 Å². The van der Waals surface area contributed by atoms with Crippen molar-refractivity contribution in [1.29, 1.82) is 0 Å². The molecule has 3 heteroatoms. The van der Waals surface area contributed by atoms with Crippen LogP contribution in [0.2, 0.25) is 0 Å². The molecule has 0 aliphatic heterocycles. The van der Waals surface area contributed by atoms with Crippen molar-refractivity contribution in [2.75, 3.05) is 0 Å². The van der Waals surface area contributed by atoms with Crippen molar-refractivity contribution < 1.29 is 9.50 Å². The van der Waals surface area contributed by atoms with Crippen molar-refractivity contribution in [1.82, 2.24) is 5.32 Å². The first kappa shape index (κ1) is 13.3. The van der Waals surface area contributed by atoms with Gasteiger partial charge >= 0.3 is 0 Å². The molecule has 0 radical (unpaired) electrons. The zero-order chi connectivity index (χ0) is 13.1. The fraction of sp³-hybridized carbons (Fsp3) is 0.600. The maximum Gasteiger partial charge on any atom is 0.127 e. The Kier molecular flexibility index (Phi) is 4.23. The third kappa shape index (κ3) is 3.02. The molecule has 1 aromatic rings. The van der Waals surface area contributed by atoms with Crippen LogP contribution in [-0.2, 0) is 6.54 Å². The highest BCUT2D eigenvalue weighted by atomic mass is 19.1. The number of hydrogen-bond acceptors (Lipinski definition) is 2. The average molecular weight is 251 g/mol. The first-order valence-corrected chi connectivity index (χ1v) is 6.82. The third-order valence-corrected chi connectivity index (χ3v) is 4.26. The molecule has 100 valence electrons. The Morgan fingerprint density at radius 2 is 2.11 bits per heavy atom. The van der Waals surface area contributed by atoms with E-state index in [1.807, 2.05) is 0 Å². The van der Waals surface area contributed by atoms with Crippen LogP contribution < -0.4 is 5.32 Å². The van der Waals surface area contributed by atoms with Gasteiger partial charge in [0.1, 0.15) is 11.6 Å². The SMILES string of the molecule is CCC1CCC(NCc2cc(O)cc(F)c2)C1C. The fourth-order valence-electron chi connectivity index (χ4n) is 3.10. The number of hydrogen-bond donors (Lipinski definition) is 2. The van der Waals surface area contributed by atoms with E-state index in [0.29, 0.717) is 18.5 Å². The maximum atomic E-state index is 13.1. The Morgan fingerprint density at radius 3 is 2.72 bits per heavy atom. The molecule has 0 amide bonds. The van der Waals surface area contributed by atoms with Crippen molar-refractivity contribution >= 4 is 0 Å². The second-order valence-electron chi connectivity index (χ2n) is 5.41. The van der Waals surface area contributed by atoms with E-state index >= 15 is 0 Å². The minimum Gasteiger partial charge on any atom is -0.508 e. The molecule has 1 aliphatic rings. The lowest BCUT2D eigenvalue weighted by atomic mass is 9.93. The lowest BCUT2D eigenvalue weighted by molar-refractivity contribution is 0.344. The summed E-state index contributed by atoms with van der Waals surface area (Å²) >= 11 is 0. The number of aromatic hydroxyl groups is 1. The number of nitrogens with one attached hydrogen (secondary N) is 1. The highest BCUT2D eigenvalue weighted by molar-refractivity contribution is 5.28. The summed E-state index contributed by atoms with van der Waals surface area (Å²) in [6.45, 7) is 5.16. The van der Waals surface area contributed by atoms with E-state index in [1.54, 1.807) is 6.07 Å². The Hall–Kier alpha value is -1.09. The van der Waals surface area contributed by atoms with Crippen molar-refractivity contribution in [2.45, 2.75) is 45.7 Å². The number of benzene rings is 1. The van der Waals surface area contributed by atoms with Crippen LogP contribution in [0.5, 0.6) is 5.75 Å². The van der Waals surface area contributed by atoms with Gasteiger partial charge in [-0.05, 0) is 42.4 Å². The zero-order valence-corrected chi connectivity index (χ0v) is 11.1. The second kappa shape index (κ2) is 5.70. The quantitative estimate of drug-likeness (QED) is 0.859. The summed E-state index contributed by atoms with van der Waals surface area (Å²) in [7, 11) is 0. The molecule has 1 aliphatic carbocycles. The molecule has 0 bridgehead atoms. The van der Waals surface area contributed by atoms with Gasteiger partial charge in [-0.25, -0.2) is 4.39 Å². The lowest BCUT2D eigenvalue weighted by Gasteiger charge is -2.21. The summed E-state index contributed by atoms with van der Waals surface area (Å²) in [5.41, 5.74) is 0.805. The number of halogens is 1. The van der Waals surface area contributed by atoms with Crippen LogP contribution in [0.15, 0.2) is 18.2 Å². The number of rotatable bonds is 4. The molecule has 2 rings (SSSR count). The minimum absolute atomic E-state index is 0.00212. The third-order valence-electron chi connectivity index (χ3n) is 4.26. The minimum atomic E-state index is -0.377. The normalized spacial score (nSPS) is 27.6. The van der Waals surface area contributed by atoms with E-state index in [9.17, 15) is 9.50 Å². The monoisotopic (exact) mass is 251 g/mol. The van der Waals surface area contributed by atoms with Crippen molar-refractivity contribution in [3.8, 4) is 5.75 Å². The van der Waals surface area contributed by atoms with E-state index in [-0.39, 0.29) is 11.6 Å². The van der Waals surface area contributed by atoms with Gasteiger partial charge in [-0.3, -0.25) is 0 Å². The van der Waals surface area contributed by atoms with Crippen molar-refractivity contribution in [3.63, 3.8) is 0 Å². The van der Waals surface area contributed by atoms with E-state index in [0.717, 1.165) is 17.5 Å². The van der Waals surface area contributed by atoms with Gasteiger partial charge in [-0.2, -0.15) is 0 Å². The molecule has 0 spiro atoms. The summed E-state index contributed by atoms with van der Waals surface area (Å²) in [6.07, 6.45) is 3.71. The van der Waals surface area contributed by atoms with Crippen LogP contribution in [0, 0.1) is 17.7 Å². The molecule has 1 fully saturated rings. The van der Waals surface area contributed by atoms with Gasteiger partial charge in [0.2, 0.25) is 0 Å².